The molecule has 20 heavy (non-hydrogen) atoms. The van der Waals surface area contributed by atoms with Gasteiger partial charge in [0.2, 0.25) is 0 Å². The summed E-state index contributed by atoms with van der Waals surface area (Å²) in [5.74, 6) is 1.68. The monoisotopic (exact) mass is 293 g/mol. The van der Waals surface area contributed by atoms with Gasteiger partial charge in [0.05, 0.1) is 0 Å². The van der Waals surface area contributed by atoms with Crippen molar-refractivity contribution in [2.75, 3.05) is 6.54 Å². The maximum Gasteiger partial charge on any atom is 0.0435 e. The summed E-state index contributed by atoms with van der Waals surface area (Å²) in [6, 6.07) is 7.03. The van der Waals surface area contributed by atoms with Crippen molar-refractivity contribution in [1.82, 2.24) is 5.32 Å². The first kappa shape index (κ1) is 15.9. The van der Waals surface area contributed by atoms with Gasteiger partial charge in [-0.15, -0.1) is 0 Å². The molecule has 2 rings (SSSR count). The highest BCUT2D eigenvalue weighted by Crippen LogP contribution is 2.37. The van der Waals surface area contributed by atoms with Gasteiger partial charge in [-0.25, -0.2) is 0 Å². The molecule has 1 fully saturated rings. The Morgan fingerprint density at radius 1 is 1.25 bits per heavy atom. The summed E-state index contributed by atoms with van der Waals surface area (Å²) in [5, 5.41) is 4.65. The SMILES string of the molecule is CCCNC(c1ccc(Cl)c(C)c1)C1CCC(C)CC1. The molecule has 112 valence electrons. The summed E-state index contributed by atoms with van der Waals surface area (Å²) >= 11 is 6.17. The minimum atomic E-state index is 0.499. The lowest BCUT2D eigenvalue weighted by Gasteiger charge is -2.34. The van der Waals surface area contributed by atoms with E-state index in [-0.39, 0.29) is 0 Å². The summed E-state index contributed by atoms with van der Waals surface area (Å²) < 4.78 is 0. The Balaban J connectivity index is 2.15. The smallest absolute Gasteiger partial charge is 0.0435 e. The highest BCUT2D eigenvalue weighted by Gasteiger charge is 2.26. The van der Waals surface area contributed by atoms with E-state index in [0.29, 0.717) is 6.04 Å². The van der Waals surface area contributed by atoms with Crippen LogP contribution in [0.1, 0.15) is 63.1 Å². The average molecular weight is 294 g/mol. The second-order valence-corrected chi connectivity index (χ2v) is 6.87. The molecule has 1 nitrogen and oxygen atoms in total. The number of benzene rings is 1. The van der Waals surface area contributed by atoms with Crippen LogP contribution in [-0.2, 0) is 0 Å². The van der Waals surface area contributed by atoms with Crippen LogP contribution in [0.3, 0.4) is 0 Å². The van der Waals surface area contributed by atoms with Crippen LogP contribution in [0.2, 0.25) is 5.02 Å². The molecule has 1 aliphatic carbocycles. The molecular formula is C18H28ClN. The van der Waals surface area contributed by atoms with E-state index in [2.05, 4.69) is 44.3 Å². The Bertz CT molecular complexity index is 421. The molecule has 0 aliphatic heterocycles. The van der Waals surface area contributed by atoms with E-state index < -0.39 is 0 Å². The van der Waals surface area contributed by atoms with E-state index in [1.807, 2.05) is 0 Å². The Kier molecular flexibility index (Phi) is 5.92. The molecule has 1 unspecified atom stereocenters. The van der Waals surface area contributed by atoms with Crippen LogP contribution >= 0.6 is 11.6 Å². The van der Waals surface area contributed by atoms with Gasteiger partial charge < -0.3 is 5.32 Å². The standard InChI is InChI=1S/C18H28ClN/c1-4-11-20-18(15-7-5-13(2)6-8-15)16-9-10-17(19)14(3)12-16/h9-10,12-13,15,18,20H,4-8,11H2,1-3H3. The van der Waals surface area contributed by atoms with Crippen molar-refractivity contribution >= 4 is 11.6 Å². The van der Waals surface area contributed by atoms with Crippen LogP contribution in [0.15, 0.2) is 18.2 Å². The third kappa shape index (κ3) is 3.99. The molecule has 1 aliphatic rings. The van der Waals surface area contributed by atoms with Crippen molar-refractivity contribution in [3.05, 3.63) is 34.3 Å². The lowest BCUT2D eigenvalue weighted by atomic mass is 9.77. The van der Waals surface area contributed by atoms with Crippen molar-refractivity contribution in [3.63, 3.8) is 0 Å². The fourth-order valence-corrected chi connectivity index (χ4v) is 3.45. The van der Waals surface area contributed by atoms with Gasteiger partial charge in [0.25, 0.3) is 0 Å². The molecule has 0 amide bonds. The van der Waals surface area contributed by atoms with E-state index in [0.717, 1.165) is 23.4 Å². The van der Waals surface area contributed by atoms with Crippen molar-refractivity contribution in [2.45, 2.75) is 58.9 Å². The molecule has 1 aromatic rings. The van der Waals surface area contributed by atoms with Gasteiger partial charge in [0.1, 0.15) is 0 Å². The predicted octanol–water partition coefficient (Wildman–Crippen LogP) is 5.52. The minimum Gasteiger partial charge on any atom is -0.310 e. The Hall–Kier alpha value is -0.530. The van der Waals surface area contributed by atoms with Crippen LogP contribution in [-0.4, -0.2) is 6.54 Å². The molecule has 0 bridgehead atoms. The first-order valence-electron chi connectivity index (χ1n) is 8.11. The van der Waals surface area contributed by atoms with Crippen LogP contribution in [0.25, 0.3) is 0 Å². The topological polar surface area (TPSA) is 12.0 Å². The molecule has 0 saturated heterocycles. The highest BCUT2D eigenvalue weighted by molar-refractivity contribution is 6.31. The number of halogens is 1. The number of rotatable bonds is 5. The first-order chi connectivity index (χ1) is 9.61. The summed E-state index contributed by atoms with van der Waals surface area (Å²) in [5.41, 5.74) is 2.61. The zero-order chi connectivity index (χ0) is 14.5. The van der Waals surface area contributed by atoms with Gasteiger partial charge in [0, 0.05) is 11.1 Å². The van der Waals surface area contributed by atoms with E-state index in [9.17, 15) is 0 Å². The predicted molar refractivity (Wildman–Crippen MR) is 88.3 cm³/mol. The Labute approximate surface area is 129 Å². The van der Waals surface area contributed by atoms with Crippen LogP contribution in [0.4, 0.5) is 0 Å². The second kappa shape index (κ2) is 7.47. The van der Waals surface area contributed by atoms with Gasteiger partial charge in [-0.3, -0.25) is 0 Å². The zero-order valence-electron chi connectivity index (χ0n) is 13.1. The quantitative estimate of drug-likeness (QED) is 0.754. The second-order valence-electron chi connectivity index (χ2n) is 6.46. The third-order valence-corrected chi connectivity index (χ3v) is 5.11. The first-order valence-corrected chi connectivity index (χ1v) is 8.49. The van der Waals surface area contributed by atoms with E-state index in [1.165, 1.54) is 43.2 Å². The number of hydrogen-bond acceptors (Lipinski definition) is 1. The number of nitrogens with one attached hydrogen (secondary N) is 1. The third-order valence-electron chi connectivity index (χ3n) is 4.69. The van der Waals surface area contributed by atoms with Gasteiger partial charge >= 0.3 is 0 Å². The van der Waals surface area contributed by atoms with E-state index in [4.69, 9.17) is 11.6 Å². The summed E-state index contributed by atoms with van der Waals surface area (Å²) in [7, 11) is 0. The lowest BCUT2D eigenvalue weighted by molar-refractivity contribution is 0.231. The molecule has 1 atom stereocenters. The van der Waals surface area contributed by atoms with Gasteiger partial charge in [-0.05, 0) is 61.8 Å². The zero-order valence-corrected chi connectivity index (χ0v) is 13.8. The molecule has 0 heterocycles. The number of hydrogen-bond donors (Lipinski definition) is 1. The normalized spacial score (nSPS) is 24.6. The minimum absolute atomic E-state index is 0.499. The molecule has 2 heteroatoms. The molecule has 0 aromatic heterocycles. The molecule has 1 saturated carbocycles. The van der Waals surface area contributed by atoms with Crippen molar-refractivity contribution in [3.8, 4) is 0 Å². The fourth-order valence-electron chi connectivity index (χ4n) is 3.34. The van der Waals surface area contributed by atoms with Crippen LogP contribution in [0, 0.1) is 18.8 Å². The maximum absolute atomic E-state index is 6.17. The summed E-state index contributed by atoms with van der Waals surface area (Å²) in [4.78, 5) is 0. The van der Waals surface area contributed by atoms with Crippen LogP contribution in [0.5, 0.6) is 0 Å². The van der Waals surface area contributed by atoms with Gasteiger partial charge in [-0.1, -0.05) is 50.4 Å². The van der Waals surface area contributed by atoms with Crippen molar-refractivity contribution in [1.29, 1.82) is 0 Å². The van der Waals surface area contributed by atoms with Crippen molar-refractivity contribution in [2.24, 2.45) is 11.8 Å². The average Bonchev–Trinajstić information content (AvgIpc) is 2.45. The molecule has 1 aromatic carbocycles. The number of aryl methyl sites for hydroxylation is 1. The Morgan fingerprint density at radius 3 is 2.55 bits per heavy atom. The summed E-state index contributed by atoms with van der Waals surface area (Å²) in [6.45, 7) is 7.82. The molecular weight excluding hydrogens is 266 g/mol. The maximum atomic E-state index is 6.17. The van der Waals surface area contributed by atoms with E-state index in [1.54, 1.807) is 0 Å². The Morgan fingerprint density at radius 2 is 1.95 bits per heavy atom. The largest absolute Gasteiger partial charge is 0.310 e. The van der Waals surface area contributed by atoms with Crippen molar-refractivity contribution < 1.29 is 0 Å². The van der Waals surface area contributed by atoms with Gasteiger partial charge in [-0.2, -0.15) is 0 Å². The molecule has 0 spiro atoms. The highest BCUT2D eigenvalue weighted by atomic mass is 35.5. The summed E-state index contributed by atoms with van der Waals surface area (Å²) in [6.07, 6.45) is 6.64. The van der Waals surface area contributed by atoms with Gasteiger partial charge in [0.15, 0.2) is 0 Å². The lowest BCUT2D eigenvalue weighted by Crippen LogP contribution is -2.31. The fraction of sp³-hybridized carbons (Fsp3) is 0.667. The van der Waals surface area contributed by atoms with Crippen LogP contribution < -0.4 is 5.32 Å². The molecule has 1 N–H and O–H groups in total. The van der Waals surface area contributed by atoms with E-state index >= 15 is 0 Å². The molecule has 0 radical (unpaired) electrons.